The molecule has 1 N–H and O–H groups in total. The molecular weight excluding hydrogens is 513 g/mol. The molecule has 0 saturated carbocycles. The van der Waals surface area contributed by atoms with Crippen molar-refractivity contribution in [3.8, 4) is 0 Å². The first-order valence-corrected chi connectivity index (χ1v) is 6.30. The van der Waals surface area contributed by atoms with Gasteiger partial charge in [-0.3, -0.25) is 4.89 Å². The molecule has 1 rings (SSSR count). The third-order valence-corrected chi connectivity index (χ3v) is 6.54. The summed E-state index contributed by atoms with van der Waals surface area (Å²) in [7, 11) is 0. The van der Waals surface area contributed by atoms with Gasteiger partial charge in [0.2, 0.25) is 0 Å². The van der Waals surface area contributed by atoms with Crippen molar-refractivity contribution < 1.29 is 14.9 Å². The molecule has 1 aromatic carbocycles. The highest BCUT2D eigenvalue weighted by molar-refractivity contribution is 14.1. The number of carbonyl (C=O) groups is 1. The second-order valence-electron chi connectivity index (χ2n) is 2.10. The van der Waals surface area contributed by atoms with Crippen LogP contribution in [0.15, 0.2) is 12.1 Å². The lowest BCUT2D eigenvalue weighted by Crippen LogP contribution is -2.05. The molecule has 0 fully saturated rings. The fourth-order valence-corrected chi connectivity index (χ4v) is 2.86. The molecule has 0 atom stereocenters. The van der Waals surface area contributed by atoms with Crippen LogP contribution in [0, 0.1) is 10.7 Å². The highest BCUT2D eigenvalue weighted by Gasteiger charge is 2.14. The van der Waals surface area contributed by atoms with Gasteiger partial charge in [-0.15, -0.1) is 0 Å². The number of hydrogen-bond donors (Lipinski definition) is 1. The number of carbonyl (C=O) groups excluding carboxylic acids is 1. The van der Waals surface area contributed by atoms with Crippen LogP contribution in [0.2, 0.25) is 0 Å². The molecule has 0 bridgehead atoms. The average Bonchev–Trinajstić information content (AvgIpc) is 2.13. The SMILES string of the molecule is O=C(OO)c1ccc(I)c(I)c1I. The molecule has 0 spiro atoms. The van der Waals surface area contributed by atoms with Gasteiger partial charge in [0, 0.05) is 10.7 Å². The lowest BCUT2D eigenvalue weighted by atomic mass is 10.2. The van der Waals surface area contributed by atoms with Crippen molar-refractivity contribution in [1.29, 1.82) is 0 Å². The van der Waals surface area contributed by atoms with Gasteiger partial charge in [0.15, 0.2) is 0 Å². The Morgan fingerprint density at radius 2 is 1.85 bits per heavy atom. The van der Waals surface area contributed by atoms with E-state index in [4.69, 9.17) is 5.26 Å². The van der Waals surface area contributed by atoms with Gasteiger partial charge < -0.3 is 0 Å². The topological polar surface area (TPSA) is 46.5 Å². The quantitative estimate of drug-likeness (QED) is 0.271. The number of halogens is 3. The number of hydrogen-bond acceptors (Lipinski definition) is 3. The molecule has 0 unspecified atom stereocenters. The monoisotopic (exact) mass is 516 g/mol. The van der Waals surface area contributed by atoms with E-state index in [0.29, 0.717) is 5.56 Å². The summed E-state index contributed by atoms with van der Waals surface area (Å²) in [6, 6.07) is 3.43. The number of rotatable bonds is 1. The summed E-state index contributed by atoms with van der Waals surface area (Å²) in [6.45, 7) is 0. The van der Waals surface area contributed by atoms with Gasteiger partial charge in [0.05, 0.1) is 5.56 Å². The van der Waals surface area contributed by atoms with E-state index >= 15 is 0 Å². The number of benzene rings is 1. The van der Waals surface area contributed by atoms with Crippen LogP contribution in [-0.4, -0.2) is 11.2 Å². The third-order valence-electron chi connectivity index (χ3n) is 1.34. The Hall–Kier alpha value is 0.840. The molecule has 70 valence electrons. The van der Waals surface area contributed by atoms with E-state index in [1.807, 2.05) is 22.6 Å². The van der Waals surface area contributed by atoms with E-state index in [0.717, 1.165) is 10.7 Å². The summed E-state index contributed by atoms with van der Waals surface area (Å²) >= 11 is 6.36. The Balaban J connectivity index is 3.26. The molecule has 0 saturated heterocycles. The van der Waals surface area contributed by atoms with E-state index < -0.39 is 5.97 Å². The van der Waals surface area contributed by atoms with Crippen molar-refractivity contribution in [2.24, 2.45) is 0 Å². The van der Waals surface area contributed by atoms with Crippen LogP contribution in [0.4, 0.5) is 0 Å². The largest absolute Gasteiger partial charge is 0.373 e. The second-order valence-corrected chi connectivity index (χ2v) is 5.42. The minimum Gasteiger partial charge on any atom is -0.295 e. The van der Waals surface area contributed by atoms with E-state index in [9.17, 15) is 4.79 Å². The van der Waals surface area contributed by atoms with Crippen LogP contribution < -0.4 is 0 Å². The van der Waals surface area contributed by atoms with Crippen molar-refractivity contribution in [1.82, 2.24) is 0 Å². The molecule has 0 aromatic heterocycles. The molecule has 3 nitrogen and oxygen atoms in total. The summed E-state index contributed by atoms with van der Waals surface area (Å²) in [6.07, 6.45) is 0. The second kappa shape index (κ2) is 5.07. The zero-order valence-corrected chi connectivity index (χ0v) is 12.5. The van der Waals surface area contributed by atoms with Crippen molar-refractivity contribution in [3.05, 3.63) is 28.4 Å². The van der Waals surface area contributed by atoms with Crippen molar-refractivity contribution >= 4 is 73.7 Å². The minimum absolute atomic E-state index is 0.382. The van der Waals surface area contributed by atoms with Crippen molar-refractivity contribution in [2.75, 3.05) is 0 Å². The lowest BCUT2D eigenvalue weighted by molar-refractivity contribution is -0.182. The lowest BCUT2D eigenvalue weighted by Gasteiger charge is -2.04. The molecule has 0 amide bonds. The Labute approximate surface area is 116 Å². The van der Waals surface area contributed by atoms with Gasteiger partial charge in [-0.25, -0.2) is 4.79 Å². The zero-order chi connectivity index (χ0) is 10.0. The predicted molar refractivity (Wildman–Crippen MR) is 72.6 cm³/mol. The van der Waals surface area contributed by atoms with Crippen LogP contribution in [0.1, 0.15) is 10.4 Å². The van der Waals surface area contributed by atoms with Gasteiger partial charge in [-0.2, -0.15) is 5.26 Å². The van der Waals surface area contributed by atoms with Crippen LogP contribution in [0.3, 0.4) is 0 Å². The minimum atomic E-state index is -0.723. The van der Waals surface area contributed by atoms with Crippen LogP contribution >= 0.6 is 67.8 Å². The maximum Gasteiger partial charge on any atom is 0.373 e. The molecule has 13 heavy (non-hydrogen) atoms. The molecule has 0 radical (unpaired) electrons. The van der Waals surface area contributed by atoms with Crippen LogP contribution in [-0.2, 0) is 4.89 Å². The molecule has 1 aromatic rings. The maximum absolute atomic E-state index is 11.0. The van der Waals surface area contributed by atoms with Gasteiger partial charge in [-0.05, 0) is 79.9 Å². The summed E-state index contributed by atoms with van der Waals surface area (Å²) < 4.78 is 2.85. The molecule has 0 aliphatic carbocycles. The highest BCUT2D eigenvalue weighted by atomic mass is 127. The molecule has 0 aliphatic rings. The maximum atomic E-state index is 11.0. The molecule has 6 heteroatoms. The fourth-order valence-electron chi connectivity index (χ4n) is 0.733. The highest BCUT2D eigenvalue weighted by Crippen LogP contribution is 2.24. The standard InChI is InChI=1S/C7H3I3O3/c8-4-2-1-3(7(11)13-12)5(9)6(4)10/h1-2,12H. The molecule has 0 aliphatic heterocycles. The Morgan fingerprint density at radius 3 is 2.38 bits per heavy atom. The first kappa shape index (κ1) is 11.9. The Morgan fingerprint density at radius 1 is 1.23 bits per heavy atom. The van der Waals surface area contributed by atoms with E-state index in [2.05, 4.69) is 50.1 Å². The predicted octanol–water partition coefficient (Wildman–Crippen LogP) is 3.13. The van der Waals surface area contributed by atoms with Gasteiger partial charge in [0.1, 0.15) is 0 Å². The first-order chi connectivity index (χ1) is 6.07. The van der Waals surface area contributed by atoms with E-state index in [1.54, 1.807) is 12.1 Å². The molecule has 0 heterocycles. The van der Waals surface area contributed by atoms with Gasteiger partial charge >= 0.3 is 5.97 Å². The normalized spacial score (nSPS) is 9.85. The zero-order valence-electron chi connectivity index (χ0n) is 6.05. The van der Waals surface area contributed by atoms with Gasteiger partial charge in [0.25, 0.3) is 0 Å². The summed E-state index contributed by atoms with van der Waals surface area (Å²) in [5, 5.41) is 8.22. The Kier molecular flexibility index (Phi) is 4.65. The van der Waals surface area contributed by atoms with Crippen LogP contribution in [0.25, 0.3) is 0 Å². The fraction of sp³-hybridized carbons (Fsp3) is 0. The smallest absolute Gasteiger partial charge is 0.295 e. The van der Waals surface area contributed by atoms with Gasteiger partial charge in [-0.1, -0.05) is 0 Å². The summed E-state index contributed by atoms with van der Waals surface area (Å²) in [5.74, 6) is -0.723. The molecular formula is C7H3I3O3. The summed E-state index contributed by atoms with van der Waals surface area (Å²) in [4.78, 5) is 14.7. The third kappa shape index (κ3) is 2.65. The first-order valence-electron chi connectivity index (χ1n) is 3.07. The van der Waals surface area contributed by atoms with Crippen molar-refractivity contribution in [2.45, 2.75) is 0 Å². The average molecular weight is 516 g/mol. The van der Waals surface area contributed by atoms with Crippen molar-refractivity contribution in [3.63, 3.8) is 0 Å². The van der Waals surface area contributed by atoms with Crippen LogP contribution in [0.5, 0.6) is 0 Å². The summed E-state index contributed by atoms with van der Waals surface area (Å²) in [5.41, 5.74) is 0.382. The Bertz CT molecular complexity index is 351. The van der Waals surface area contributed by atoms with E-state index in [1.165, 1.54) is 0 Å². The van der Waals surface area contributed by atoms with E-state index in [-0.39, 0.29) is 0 Å².